The molecule has 162 valence electrons. The van der Waals surface area contributed by atoms with E-state index in [1.807, 2.05) is 66.7 Å². The van der Waals surface area contributed by atoms with Crippen LogP contribution in [-0.2, 0) is 0 Å². The number of para-hydroxylation sites is 1. The maximum Gasteiger partial charge on any atom is 0.353 e. The van der Waals surface area contributed by atoms with Gasteiger partial charge in [0.15, 0.2) is 5.78 Å². The van der Waals surface area contributed by atoms with Gasteiger partial charge in [0.25, 0.3) is 0 Å². The minimum Gasteiger partial charge on any atom is -0.507 e. The van der Waals surface area contributed by atoms with Crippen LogP contribution in [0, 0.1) is 0 Å². The zero-order valence-electron chi connectivity index (χ0n) is 18.0. The molecule has 0 aliphatic heterocycles. The number of benzene rings is 4. The molecule has 0 saturated carbocycles. The summed E-state index contributed by atoms with van der Waals surface area (Å²) < 4.78 is 1.55. The van der Waals surface area contributed by atoms with Crippen LogP contribution in [0.25, 0.3) is 28.4 Å². The van der Waals surface area contributed by atoms with Gasteiger partial charge in [-0.3, -0.25) is 9.36 Å². The minimum atomic E-state index is -0.492. The number of aliphatic hydroxyl groups excluding tert-OH is 1. The predicted molar refractivity (Wildman–Crippen MR) is 132 cm³/mol. The molecule has 5 heteroatoms. The normalized spacial score (nSPS) is 13.1. The van der Waals surface area contributed by atoms with Crippen molar-refractivity contribution in [2.45, 2.75) is 0 Å². The van der Waals surface area contributed by atoms with Crippen LogP contribution in [0.2, 0.25) is 0 Å². The fourth-order valence-electron chi connectivity index (χ4n) is 4.56. The lowest BCUT2D eigenvalue weighted by Crippen LogP contribution is -2.37. The highest BCUT2D eigenvalue weighted by Gasteiger charge is 2.26. The minimum absolute atomic E-state index is 0.0502. The first-order chi connectivity index (χ1) is 16.6. The topological polar surface area (TPSA) is 72.2 Å². The zero-order valence-corrected chi connectivity index (χ0v) is 18.0. The number of hydrogen-bond acceptors (Lipinski definition) is 4. The molecule has 0 amide bonds. The molecule has 0 radical (unpaired) electrons. The second-order valence-electron chi connectivity index (χ2n) is 8.11. The number of carbonyl (C=O) groups is 1. The average Bonchev–Trinajstić information content (AvgIpc) is 2.88. The Morgan fingerprint density at radius 2 is 1.35 bits per heavy atom. The van der Waals surface area contributed by atoms with Gasteiger partial charge in [-0.05, 0) is 35.9 Å². The first-order valence-corrected chi connectivity index (χ1v) is 10.9. The number of hydrogen-bond donors (Lipinski definition) is 1. The third-order valence-electron chi connectivity index (χ3n) is 6.12. The van der Waals surface area contributed by atoms with E-state index in [1.165, 1.54) is 0 Å². The largest absolute Gasteiger partial charge is 0.507 e. The molecule has 34 heavy (non-hydrogen) atoms. The van der Waals surface area contributed by atoms with Crippen LogP contribution in [0.4, 0.5) is 0 Å². The van der Waals surface area contributed by atoms with Crippen molar-refractivity contribution >= 4 is 28.5 Å². The van der Waals surface area contributed by atoms with Gasteiger partial charge in [-0.15, -0.1) is 0 Å². The van der Waals surface area contributed by atoms with Gasteiger partial charge >= 0.3 is 5.69 Å². The summed E-state index contributed by atoms with van der Waals surface area (Å²) in [6.07, 6.45) is 1.92. The lowest BCUT2D eigenvalue weighted by molar-refractivity contribution is 0.103. The summed E-state index contributed by atoms with van der Waals surface area (Å²) in [5.74, 6) is -0.251. The lowest BCUT2D eigenvalue weighted by Gasteiger charge is -2.17. The summed E-state index contributed by atoms with van der Waals surface area (Å²) in [4.78, 5) is 31.0. The Balaban J connectivity index is 1.82. The standard InChI is InChI=1S/C29H18N2O3/c32-27-20-13-7-8-14-21(20)28(33)25-23(27)16-15-22-24(17-18-9-3-1-4-10-18)31(29(34)30-26(22)25)19-11-5-2-6-12-19/h1-17,33H. The summed E-state index contributed by atoms with van der Waals surface area (Å²) in [7, 11) is 0. The van der Waals surface area contributed by atoms with Crippen LogP contribution < -0.4 is 16.3 Å². The quantitative estimate of drug-likeness (QED) is 0.454. The molecule has 5 nitrogen and oxygen atoms in total. The van der Waals surface area contributed by atoms with Gasteiger partial charge < -0.3 is 5.11 Å². The molecule has 0 saturated heterocycles. The number of aliphatic hydroxyl groups is 1. The van der Waals surface area contributed by atoms with Crippen LogP contribution in [0.3, 0.4) is 0 Å². The molecule has 0 fully saturated rings. The van der Waals surface area contributed by atoms with Gasteiger partial charge in [0.2, 0.25) is 0 Å². The number of nitrogens with zero attached hydrogens (tertiary/aromatic N) is 2. The van der Waals surface area contributed by atoms with Crippen molar-refractivity contribution in [3.05, 3.63) is 140 Å². The van der Waals surface area contributed by atoms with Crippen LogP contribution >= 0.6 is 0 Å². The summed E-state index contributed by atoms with van der Waals surface area (Å²) in [5, 5.41) is 12.8. The van der Waals surface area contributed by atoms with Crippen molar-refractivity contribution in [2.75, 3.05) is 0 Å². The second kappa shape index (κ2) is 7.67. The van der Waals surface area contributed by atoms with E-state index in [0.29, 0.717) is 43.8 Å². The number of aromatic nitrogens is 2. The predicted octanol–water partition coefficient (Wildman–Crippen LogP) is 3.47. The highest BCUT2D eigenvalue weighted by molar-refractivity contribution is 6.15. The molecule has 5 aromatic rings. The van der Waals surface area contributed by atoms with E-state index in [9.17, 15) is 14.7 Å². The van der Waals surface area contributed by atoms with Crippen molar-refractivity contribution in [3.8, 4) is 5.69 Å². The fourth-order valence-corrected chi connectivity index (χ4v) is 4.56. The Morgan fingerprint density at radius 3 is 2.09 bits per heavy atom. The molecule has 0 spiro atoms. The van der Waals surface area contributed by atoms with Crippen LogP contribution in [0.5, 0.6) is 0 Å². The molecule has 1 aliphatic rings. The summed E-state index contributed by atoms with van der Waals surface area (Å²) in [6, 6.07) is 29.4. The summed E-state index contributed by atoms with van der Waals surface area (Å²) in [5.41, 5.74) is 2.60. The van der Waals surface area contributed by atoms with Gasteiger partial charge in [0.05, 0.1) is 21.8 Å². The smallest absolute Gasteiger partial charge is 0.353 e. The fraction of sp³-hybridized carbons (Fsp3) is 0. The van der Waals surface area contributed by atoms with Gasteiger partial charge in [-0.2, -0.15) is 4.98 Å². The molecule has 1 N–H and O–H groups in total. The van der Waals surface area contributed by atoms with E-state index in [2.05, 4.69) is 4.98 Å². The molecule has 1 heterocycles. The van der Waals surface area contributed by atoms with E-state index in [1.54, 1.807) is 41.0 Å². The van der Waals surface area contributed by atoms with Crippen LogP contribution in [0.15, 0.2) is 102 Å². The van der Waals surface area contributed by atoms with Gasteiger partial charge in [0, 0.05) is 22.1 Å². The van der Waals surface area contributed by atoms with E-state index in [4.69, 9.17) is 0 Å². The highest BCUT2D eigenvalue weighted by atomic mass is 16.3. The van der Waals surface area contributed by atoms with Crippen molar-refractivity contribution in [1.82, 2.24) is 9.55 Å². The molecule has 0 unspecified atom stereocenters. The molecule has 4 aromatic carbocycles. The average molecular weight is 442 g/mol. The van der Waals surface area contributed by atoms with Crippen molar-refractivity contribution in [3.63, 3.8) is 0 Å². The van der Waals surface area contributed by atoms with E-state index in [0.717, 1.165) is 5.56 Å². The molecule has 0 atom stereocenters. The molecule has 0 bridgehead atoms. The van der Waals surface area contributed by atoms with E-state index < -0.39 is 5.69 Å². The highest BCUT2D eigenvalue weighted by Crippen LogP contribution is 2.24. The first kappa shape index (κ1) is 19.9. The Kier molecular flexibility index (Phi) is 4.49. The van der Waals surface area contributed by atoms with Crippen molar-refractivity contribution in [1.29, 1.82) is 0 Å². The lowest BCUT2D eigenvalue weighted by atomic mass is 9.88. The second-order valence-corrected chi connectivity index (χ2v) is 8.11. The maximum absolute atomic E-state index is 13.4. The first-order valence-electron chi connectivity index (χ1n) is 10.9. The number of fused-ring (bicyclic) bond motifs is 4. The molecular formula is C29H18N2O3. The Labute approximate surface area is 194 Å². The Bertz CT molecular complexity index is 1790. The monoisotopic (exact) mass is 442 g/mol. The number of carbonyl (C=O) groups excluding carboxylic acids is 1. The third kappa shape index (κ3) is 2.98. The molecule has 1 aromatic heterocycles. The number of ketones is 1. The molecular weight excluding hydrogens is 424 g/mol. The summed E-state index contributed by atoms with van der Waals surface area (Å²) >= 11 is 0. The Hall–Kier alpha value is -4.77. The van der Waals surface area contributed by atoms with Crippen molar-refractivity contribution < 1.29 is 9.90 Å². The Morgan fingerprint density at radius 1 is 0.706 bits per heavy atom. The van der Waals surface area contributed by atoms with Gasteiger partial charge in [-0.1, -0.05) is 72.8 Å². The van der Waals surface area contributed by atoms with Crippen molar-refractivity contribution in [2.24, 2.45) is 0 Å². The van der Waals surface area contributed by atoms with E-state index >= 15 is 0 Å². The third-order valence-corrected chi connectivity index (χ3v) is 6.12. The van der Waals surface area contributed by atoms with Crippen LogP contribution in [0.1, 0.15) is 27.0 Å². The molecule has 1 aliphatic carbocycles. The molecule has 6 rings (SSSR count). The van der Waals surface area contributed by atoms with Crippen LogP contribution in [-0.4, -0.2) is 20.4 Å². The van der Waals surface area contributed by atoms with Gasteiger partial charge in [-0.25, -0.2) is 4.79 Å². The number of rotatable bonds is 2. The maximum atomic E-state index is 13.4. The SMILES string of the molecule is O=C1c2ccccc2C(O)=c2c1ccc1c(=Cc3ccccc3)n(-c3ccccc3)c(=O)nc21. The zero-order chi connectivity index (χ0) is 23.2. The summed E-state index contributed by atoms with van der Waals surface area (Å²) in [6.45, 7) is 0. The van der Waals surface area contributed by atoms with Gasteiger partial charge in [0.1, 0.15) is 5.76 Å². The van der Waals surface area contributed by atoms with E-state index in [-0.39, 0.29) is 11.5 Å².